The van der Waals surface area contributed by atoms with Gasteiger partial charge in [-0.15, -0.1) is 6.58 Å². The van der Waals surface area contributed by atoms with Crippen molar-refractivity contribution < 1.29 is 14.3 Å². The Morgan fingerprint density at radius 1 is 1.00 bits per heavy atom. The number of aliphatic imine (C=N–C) groups is 1. The van der Waals surface area contributed by atoms with E-state index in [9.17, 15) is 4.79 Å². The van der Waals surface area contributed by atoms with Gasteiger partial charge in [0, 0.05) is 17.5 Å². The van der Waals surface area contributed by atoms with Crippen LogP contribution in [0.2, 0.25) is 0 Å². The Kier molecular flexibility index (Phi) is 16.5. The minimum Gasteiger partial charge on any atom is -0.493 e. The topological polar surface area (TPSA) is 59.9 Å². The maximum atomic E-state index is 11.9. The molecule has 3 rings (SSSR count). The first-order valence-electron chi connectivity index (χ1n) is 15.1. The summed E-state index contributed by atoms with van der Waals surface area (Å²) >= 11 is 0. The molecule has 2 aromatic carbocycles. The number of hydrogen-bond donors (Lipinski definition) is 1. The summed E-state index contributed by atoms with van der Waals surface area (Å²) in [5.74, 6) is 1.78. The van der Waals surface area contributed by atoms with Gasteiger partial charge in [0.05, 0.1) is 19.9 Å². The first kappa shape index (κ1) is 35.7. The molecular weight excluding hydrogens is 508 g/mol. The highest BCUT2D eigenvalue weighted by molar-refractivity contribution is 5.91. The third kappa shape index (κ3) is 10.9. The number of carbonyl (C=O) groups is 1. The minimum absolute atomic E-state index is 0.128. The average molecular weight is 563 g/mol. The molecule has 0 spiro atoms. The molecule has 2 aromatic rings. The van der Waals surface area contributed by atoms with E-state index in [1.54, 1.807) is 14.2 Å². The largest absolute Gasteiger partial charge is 0.493 e. The molecule has 41 heavy (non-hydrogen) atoms. The number of hydrogen-bond acceptors (Lipinski definition) is 4. The highest BCUT2D eigenvalue weighted by atomic mass is 16.5. The van der Waals surface area contributed by atoms with Crippen LogP contribution >= 0.6 is 0 Å². The number of carbonyl (C=O) groups excluding carboxylic acids is 1. The molecular formula is C36H54N2O3. The van der Waals surface area contributed by atoms with Crippen LogP contribution in [0.3, 0.4) is 0 Å². The van der Waals surface area contributed by atoms with Crippen LogP contribution in [0.15, 0.2) is 53.5 Å². The van der Waals surface area contributed by atoms with Gasteiger partial charge >= 0.3 is 0 Å². The van der Waals surface area contributed by atoms with Crippen LogP contribution in [0, 0.1) is 12.8 Å². The van der Waals surface area contributed by atoms with Crippen molar-refractivity contribution in [2.75, 3.05) is 14.2 Å². The lowest BCUT2D eigenvalue weighted by Crippen LogP contribution is -2.37. The molecule has 1 N–H and O–H groups in total. The fraction of sp³-hybridized carbons (Fsp3) is 0.500. The Morgan fingerprint density at radius 2 is 1.61 bits per heavy atom. The molecule has 1 aliphatic rings. The Labute approximate surface area is 250 Å². The van der Waals surface area contributed by atoms with Crippen LogP contribution in [0.25, 0.3) is 11.3 Å². The molecule has 0 aromatic heterocycles. The fourth-order valence-electron chi connectivity index (χ4n) is 5.06. The Balaban J connectivity index is 0.000000425. The van der Waals surface area contributed by atoms with Crippen molar-refractivity contribution in [3.8, 4) is 11.5 Å². The van der Waals surface area contributed by atoms with Gasteiger partial charge in [-0.2, -0.15) is 0 Å². The first-order valence-corrected chi connectivity index (χ1v) is 15.1. The van der Waals surface area contributed by atoms with E-state index >= 15 is 0 Å². The minimum atomic E-state index is 0.128. The van der Waals surface area contributed by atoms with Crippen molar-refractivity contribution in [1.82, 2.24) is 5.32 Å². The molecule has 1 saturated carbocycles. The number of ether oxygens (including phenoxy) is 2. The number of rotatable bonds is 11. The Morgan fingerprint density at radius 3 is 2.12 bits per heavy atom. The van der Waals surface area contributed by atoms with Gasteiger partial charge in [-0.05, 0) is 100 Å². The van der Waals surface area contributed by atoms with Crippen molar-refractivity contribution >= 4 is 23.9 Å². The molecule has 0 bridgehead atoms. The van der Waals surface area contributed by atoms with Gasteiger partial charge in [0.15, 0.2) is 11.5 Å². The van der Waals surface area contributed by atoms with E-state index in [0.717, 1.165) is 60.1 Å². The number of amides is 1. The van der Waals surface area contributed by atoms with Gasteiger partial charge in [0.1, 0.15) is 0 Å². The smallest absolute Gasteiger partial charge is 0.223 e. The predicted molar refractivity (Wildman–Crippen MR) is 177 cm³/mol. The summed E-state index contributed by atoms with van der Waals surface area (Å²) in [6.45, 7) is 22.1. The lowest BCUT2D eigenvalue weighted by atomic mass is 9.97. The summed E-state index contributed by atoms with van der Waals surface area (Å²) in [4.78, 5) is 16.2. The van der Waals surface area contributed by atoms with Gasteiger partial charge in [-0.25, -0.2) is 0 Å². The number of benzene rings is 2. The van der Waals surface area contributed by atoms with E-state index < -0.39 is 0 Å². The molecule has 1 atom stereocenters. The molecule has 0 radical (unpaired) electrons. The van der Waals surface area contributed by atoms with Gasteiger partial charge in [0.25, 0.3) is 0 Å². The van der Waals surface area contributed by atoms with Gasteiger partial charge < -0.3 is 14.8 Å². The van der Waals surface area contributed by atoms with Crippen LogP contribution in [0.1, 0.15) is 102 Å². The summed E-state index contributed by atoms with van der Waals surface area (Å²) in [6.07, 6.45) is 7.59. The average Bonchev–Trinajstić information content (AvgIpc) is 3.50. The monoisotopic (exact) mass is 562 g/mol. The van der Waals surface area contributed by atoms with Crippen LogP contribution in [0.5, 0.6) is 11.5 Å². The van der Waals surface area contributed by atoms with E-state index in [-0.39, 0.29) is 11.8 Å². The predicted octanol–water partition coefficient (Wildman–Crippen LogP) is 9.23. The molecule has 0 saturated heterocycles. The van der Waals surface area contributed by atoms with Crippen molar-refractivity contribution in [2.24, 2.45) is 10.9 Å². The SMILES string of the molecule is C=C(C)CC(CC)C(=O)NC1CCCC1.C=N/C(=C(\C)c1ccc(OC)c(OC)c1)c1ccc(C)c(CC)c1.CC. The van der Waals surface area contributed by atoms with Crippen molar-refractivity contribution in [3.05, 3.63) is 70.8 Å². The lowest BCUT2D eigenvalue weighted by Gasteiger charge is -2.18. The molecule has 1 fully saturated rings. The number of nitrogens with one attached hydrogen (secondary N) is 1. The Hall–Kier alpha value is -3.34. The van der Waals surface area contributed by atoms with E-state index in [2.05, 4.69) is 69.5 Å². The third-order valence-electron chi connectivity index (χ3n) is 7.49. The zero-order valence-electron chi connectivity index (χ0n) is 27.2. The van der Waals surface area contributed by atoms with Gasteiger partial charge in [-0.1, -0.05) is 64.3 Å². The molecule has 0 heterocycles. The van der Waals surface area contributed by atoms with Crippen molar-refractivity contribution in [2.45, 2.75) is 99.5 Å². The number of allylic oxidation sites excluding steroid dienone is 2. The highest BCUT2D eigenvalue weighted by Gasteiger charge is 2.22. The van der Waals surface area contributed by atoms with E-state index in [0.29, 0.717) is 17.5 Å². The fourth-order valence-corrected chi connectivity index (χ4v) is 5.06. The molecule has 1 aliphatic carbocycles. The van der Waals surface area contributed by atoms with Crippen LogP contribution < -0.4 is 14.8 Å². The second kappa shape index (κ2) is 18.9. The standard InChI is InChI=1S/C21H25NO2.C13H23NO.C2H6/c1-7-16-12-18(9-8-14(16)2)21(22-4)15(3)17-10-11-19(23-5)20(13-17)24-6;1-4-11(9-10(2)3)13(15)14-12-7-5-6-8-12;1-2/h8-13H,4,7H2,1-3,5-6H3;11-12H,2,4-9H2,1,3H3,(H,14,15);1-2H3/b21-15+;;. The summed E-state index contributed by atoms with van der Waals surface area (Å²) in [6, 6.07) is 12.8. The molecule has 0 aliphatic heterocycles. The molecule has 5 heteroatoms. The maximum Gasteiger partial charge on any atom is 0.223 e. The summed E-state index contributed by atoms with van der Waals surface area (Å²) in [5.41, 5.74) is 7.79. The van der Waals surface area contributed by atoms with E-state index in [1.165, 1.54) is 24.0 Å². The summed E-state index contributed by atoms with van der Waals surface area (Å²) in [7, 11) is 3.27. The zero-order chi connectivity index (χ0) is 30.9. The van der Waals surface area contributed by atoms with Crippen molar-refractivity contribution in [3.63, 3.8) is 0 Å². The van der Waals surface area contributed by atoms with Crippen LogP contribution in [-0.2, 0) is 11.2 Å². The lowest BCUT2D eigenvalue weighted by molar-refractivity contribution is -0.125. The van der Waals surface area contributed by atoms with E-state index in [1.807, 2.05) is 39.0 Å². The molecule has 226 valence electrons. The Bertz CT molecular complexity index is 1160. The summed E-state index contributed by atoms with van der Waals surface area (Å²) < 4.78 is 10.7. The molecule has 5 nitrogen and oxygen atoms in total. The first-order chi connectivity index (χ1) is 19.7. The van der Waals surface area contributed by atoms with E-state index in [4.69, 9.17) is 9.47 Å². The molecule has 1 amide bonds. The van der Waals surface area contributed by atoms with Gasteiger partial charge in [0.2, 0.25) is 5.91 Å². The third-order valence-corrected chi connectivity index (χ3v) is 7.49. The highest BCUT2D eigenvalue weighted by Crippen LogP contribution is 2.34. The number of nitrogens with zero attached hydrogens (tertiary/aromatic N) is 1. The number of methoxy groups -OCH3 is 2. The maximum absolute atomic E-state index is 11.9. The van der Waals surface area contributed by atoms with Crippen molar-refractivity contribution in [1.29, 1.82) is 0 Å². The zero-order valence-corrected chi connectivity index (χ0v) is 27.2. The second-order valence-electron chi connectivity index (χ2n) is 10.5. The van der Waals surface area contributed by atoms with Crippen LogP contribution in [0.4, 0.5) is 0 Å². The number of aryl methyl sites for hydroxylation is 2. The van der Waals surface area contributed by atoms with Crippen LogP contribution in [-0.4, -0.2) is 32.9 Å². The normalized spacial score (nSPS) is 13.9. The molecule has 1 unspecified atom stereocenters. The quantitative estimate of drug-likeness (QED) is 0.169. The van der Waals surface area contributed by atoms with Gasteiger partial charge in [-0.3, -0.25) is 9.79 Å². The second-order valence-corrected chi connectivity index (χ2v) is 10.5. The summed E-state index contributed by atoms with van der Waals surface area (Å²) in [5, 5.41) is 3.16.